The number of carbonyl (C=O) groups excluding carboxylic acids is 2. The third-order valence-corrected chi connectivity index (χ3v) is 4.50. The van der Waals surface area contributed by atoms with Gasteiger partial charge in [0.2, 0.25) is 0 Å². The van der Waals surface area contributed by atoms with Crippen LogP contribution in [0.3, 0.4) is 0 Å². The maximum Gasteiger partial charge on any atom is 0.308 e. The van der Waals surface area contributed by atoms with Crippen LogP contribution in [-0.4, -0.2) is 25.2 Å². The zero-order valence-corrected chi connectivity index (χ0v) is 15.1. The number of unbranched alkanes of at least 4 members (excludes halogenated alkanes) is 2. The number of ether oxygens (including phenoxy) is 2. The van der Waals surface area contributed by atoms with Crippen LogP contribution in [0, 0.1) is 17.8 Å². The molecule has 0 radical (unpaired) electrons. The smallest absolute Gasteiger partial charge is 0.308 e. The van der Waals surface area contributed by atoms with E-state index >= 15 is 0 Å². The van der Waals surface area contributed by atoms with Gasteiger partial charge < -0.3 is 9.47 Å². The monoisotopic (exact) mass is 326 g/mol. The van der Waals surface area contributed by atoms with Crippen molar-refractivity contribution in [1.82, 2.24) is 0 Å². The zero-order valence-electron chi connectivity index (χ0n) is 15.1. The zero-order chi connectivity index (χ0) is 17.1. The normalized spacial score (nSPS) is 21.2. The predicted octanol–water partition coefficient (Wildman–Crippen LogP) is 4.51. The van der Waals surface area contributed by atoms with E-state index in [0.717, 1.165) is 44.9 Å². The first-order valence-corrected chi connectivity index (χ1v) is 9.37. The van der Waals surface area contributed by atoms with Gasteiger partial charge in [-0.15, -0.1) is 0 Å². The van der Waals surface area contributed by atoms with Gasteiger partial charge in [-0.1, -0.05) is 40.0 Å². The van der Waals surface area contributed by atoms with Gasteiger partial charge in [-0.2, -0.15) is 0 Å². The summed E-state index contributed by atoms with van der Waals surface area (Å²) in [5, 5.41) is 0. The fraction of sp³-hybridized carbons (Fsp3) is 0.895. The molecule has 0 aromatic heterocycles. The minimum absolute atomic E-state index is 0.124. The van der Waals surface area contributed by atoms with Crippen molar-refractivity contribution >= 4 is 11.9 Å². The molecule has 0 aromatic rings. The molecule has 23 heavy (non-hydrogen) atoms. The molecule has 4 nitrogen and oxygen atoms in total. The van der Waals surface area contributed by atoms with Gasteiger partial charge in [-0.25, -0.2) is 0 Å². The minimum atomic E-state index is -0.132. The number of hydrogen-bond donors (Lipinski definition) is 0. The molecule has 0 N–H and O–H groups in total. The Bertz CT molecular complexity index is 351. The third-order valence-electron chi connectivity index (χ3n) is 4.50. The van der Waals surface area contributed by atoms with Gasteiger partial charge in [0.15, 0.2) is 0 Å². The second-order valence-corrected chi connectivity index (χ2v) is 7.14. The highest BCUT2D eigenvalue weighted by Crippen LogP contribution is 2.31. The van der Waals surface area contributed by atoms with Crippen molar-refractivity contribution in [3.05, 3.63) is 0 Å². The Morgan fingerprint density at radius 2 is 1.52 bits per heavy atom. The maximum absolute atomic E-state index is 12.1. The molecule has 0 bridgehead atoms. The molecule has 0 saturated heterocycles. The van der Waals surface area contributed by atoms with E-state index in [1.807, 2.05) is 0 Å². The fourth-order valence-corrected chi connectivity index (χ4v) is 3.00. The van der Waals surface area contributed by atoms with Crippen LogP contribution in [0.2, 0.25) is 0 Å². The molecule has 0 heterocycles. The Hall–Kier alpha value is -1.06. The van der Waals surface area contributed by atoms with Gasteiger partial charge in [-0.05, 0) is 44.4 Å². The predicted molar refractivity (Wildman–Crippen MR) is 91.0 cm³/mol. The summed E-state index contributed by atoms with van der Waals surface area (Å²) in [4.78, 5) is 24.2. The van der Waals surface area contributed by atoms with Gasteiger partial charge >= 0.3 is 11.9 Å². The molecule has 0 aliphatic heterocycles. The molecule has 2 atom stereocenters. The van der Waals surface area contributed by atoms with Crippen LogP contribution in [0.1, 0.15) is 78.6 Å². The lowest BCUT2D eigenvalue weighted by Gasteiger charge is -2.26. The molecule has 1 aliphatic carbocycles. The van der Waals surface area contributed by atoms with E-state index in [9.17, 15) is 9.59 Å². The Balaban J connectivity index is 2.25. The van der Waals surface area contributed by atoms with Crippen LogP contribution in [0.4, 0.5) is 0 Å². The topological polar surface area (TPSA) is 52.6 Å². The van der Waals surface area contributed by atoms with Crippen LogP contribution >= 0.6 is 0 Å². The lowest BCUT2D eigenvalue weighted by atomic mass is 9.81. The molecule has 0 aromatic carbocycles. The number of rotatable bonds is 10. The van der Waals surface area contributed by atoms with Crippen LogP contribution in [0.5, 0.6) is 0 Å². The summed E-state index contributed by atoms with van der Waals surface area (Å²) in [7, 11) is 0. The van der Waals surface area contributed by atoms with Crippen molar-refractivity contribution in [3.8, 4) is 0 Å². The molecule has 1 rings (SSSR count). The Morgan fingerprint density at radius 1 is 0.957 bits per heavy atom. The first-order chi connectivity index (χ1) is 11.0. The number of carbonyl (C=O) groups is 2. The van der Waals surface area contributed by atoms with E-state index in [0.29, 0.717) is 25.6 Å². The van der Waals surface area contributed by atoms with Crippen molar-refractivity contribution in [3.63, 3.8) is 0 Å². The van der Waals surface area contributed by atoms with Gasteiger partial charge in [-0.3, -0.25) is 9.59 Å². The minimum Gasteiger partial charge on any atom is -0.465 e. The first-order valence-electron chi connectivity index (χ1n) is 9.37. The average molecular weight is 326 g/mol. The Labute approximate surface area is 141 Å². The molecule has 1 fully saturated rings. The van der Waals surface area contributed by atoms with E-state index in [4.69, 9.17) is 9.47 Å². The maximum atomic E-state index is 12.1. The highest BCUT2D eigenvalue weighted by molar-refractivity contribution is 5.76. The molecule has 0 spiro atoms. The molecule has 1 saturated carbocycles. The summed E-state index contributed by atoms with van der Waals surface area (Å²) in [5.41, 5.74) is 0. The number of esters is 2. The Kier molecular flexibility index (Phi) is 9.97. The van der Waals surface area contributed by atoms with E-state index in [1.54, 1.807) is 0 Å². The summed E-state index contributed by atoms with van der Waals surface area (Å²) < 4.78 is 10.7. The molecular formula is C19H34O4. The van der Waals surface area contributed by atoms with E-state index in [1.165, 1.54) is 6.42 Å². The van der Waals surface area contributed by atoms with Crippen LogP contribution < -0.4 is 0 Å². The van der Waals surface area contributed by atoms with Crippen LogP contribution in [-0.2, 0) is 19.1 Å². The quantitative estimate of drug-likeness (QED) is 0.438. The molecular weight excluding hydrogens is 292 g/mol. The van der Waals surface area contributed by atoms with Gasteiger partial charge in [0.25, 0.3) is 0 Å². The molecule has 4 heteroatoms. The van der Waals surface area contributed by atoms with E-state index in [-0.39, 0.29) is 23.8 Å². The van der Waals surface area contributed by atoms with Gasteiger partial charge in [0.05, 0.1) is 25.0 Å². The summed E-state index contributed by atoms with van der Waals surface area (Å²) >= 11 is 0. The molecule has 1 aliphatic rings. The SMILES string of the molecule is CCCCOC(=O)C1CCCC(C(=O)OCCCCC(C)C)C1. The lowest BCUT2D eigenvalue weighted by Crippen LogP contribution is -2.30. The summed E-state index contributed by atoms with van der Waals surface area (Å²) in [6.07, 6.45) is 8.29. The van der Waals surface area contributed by atoms with Crippen molar-refractivity contribution in [2.75, 3.05) is 13.2 Å². The molecule has 2 unspecified atom stereocenters. The standard InChI is InChI=1S/C19H34O4/c1-4-5-12-22-18(20)16-10-8-11-17(14-16)19(21)23-13-7-6-9-15(2)3/h15-17H,4-14H2,1-3H3. The fourth-order valence-electron chi connectivity index (χ4n) is 3.00. The lowest BCUT2D eigenvalue weighted by molar-refractivity contribution is -0.155. The van der Waals surface area contributed by atoms with Crippen molar-refractivity contribution in [2.24, 2.45) is 17.8 Å². The average Bonchev–Trinajstić information content (AvgIpc) is 2.54. The number of hydrogen-bond acceptors (Lipinski definition) is 4. The third kappa shape index (κ3) is 8.38. The Morgan fingerprint density at radius 3 is 2.04 bits per heavy atom. The van der Waals surface area contributed by atoms with Crippen LogP contribution in [0.15, 0.2) is 0 Å². The highest BCUT2D eigenvalue weighted by atomic mass is 16.5. The second-order valence-electron chi connectivity index (χ2n) is 7.14. The molecule has 0 amide bonds. The first kappa shape index (κ1) is 20.0. The summed E-state index contributed by atoms with van der Waals surface area (Å²) in [6, 6.07) is 0. The van der Waals surface area contributed by atoms with Gasteiger partial charge in [0.1, 0.15) is 0 Å². The highest BCUT2D eigenvalue weighted by Gasteiger charge is 2.32. The van der Waals surface area contributed by atoms with Gasteiger partial charge in [0, 0.05) is 0 Å². The summed E-state index contributed by atoms with van der Waals surface area (Å²) in [5.74, 6) is 0.189. The molecule has 134 valence electrons. The second kappa shape index (κ2) is 11.5. The van der Waals surface area contributed by atoms with Crippen LogP contribution in [0.25, 0.3) is 0 Å². The largest absolute Gasteiger partial charge is 0.465 e. The van der Waals surface area contributed by atoms with Crippen molar-refractivity contribution in [1.29, 1.82) is 0 Å². The van der Waals surface area contributed by atoms with Crippen molar-refractivity contribution in [2.45, 2.75) is 78.6 Å². The van der Waals surface area contributed by atoms with E-state index in [2.05, 4.69) is 20.8 Å². The van der Waals surface area contributed by atoms with E-state index < -0.39 is 0 Å². The summed E-state index contributed by atoms with van der Waals surface area (Å²) in [6.45, 7) is 7.48. The van der Waals surface area contributed by atoms with Crippen molar-refractivity contribution < 1.29 is 19.1 Å².